The molecule has 3 rings (SSSR count). The maximum absolute atomic E-state index is 14.5. The number of pyridine rings is 2. The van der Waals surface area contributed by atoms with Crippen LogP contribution in [0, 0.1) is 11.6 Å². The third-order valence-corrected chi connectivity index (χ3v) is 4.00. The van der Waals surface area contributed by atoms with Gasteiger partial charge in [0.2, 0.25) is 0 Å². The highest BCUT2D eigenvalue weighted by molar-refractivity contribution is 6.06. The molecule has 2 aromatic heterocycles. The van der Waals surface area contributed by atoms with Crippen molar-refractivity contribution in [3.05, 3.63) is 65.6 Å². The third kappa shape index (κ3) is 5.65. The van der Waals surface area contributed by atoms with E-state index in [1.807, 2.05) is 0 Å². The van der Waals surface area contributed by atoms with Crippen LogP contribution >= 0.6 is 0 Å². The second-order valence-corrected chi connectivity index (χ2v) is 6.30. The number of anilines is 1. The number of halogens is 5. The summed E-state index contributed by atoms with van der Waals surface area (Å²) in [6, 6.07) is 4.63. The molecular formula is C20H13F5N4O5. The first-order valence-corrected chi connectivity index (χ1v) is 9.01. The van der Waals surface area contributed by atoms with Gasteiger partial charge >= 0.3 is 6.36 Å². The van der Waals surface area contributed by atoms with Crippen LogP contribution in [0.25, 0.3) is 0 Å². The van der Waals surface area contributed by atoms with Gasteiger partial charge in [0.25, 0.3) is 11.8 Å². The number of rotatable bonds is 7. The largest absolute Gasteiger partial charge is 0.573 e. The van der Waals surface area contributed by atoms with Crippen LogP contribution in [0.5, 0.6) is 23.0 Å². The maximum Gasteiger partial charge on any atom is 0.573 e. The molecule has 0 aliphatic carbocycles. The van der Waals surface area contributed by atoms with Crippen LogP contribution in [-0.4, -0.2) is 35.3 Å². The summed E-state index contributed by atoms with van der Waals surface area (Å²) in [5, 5.41) is 2.16. The number of carbonyl (C=O) groups is 2. The summed E-state index contributed by atoms with van der Waals surface area (Å²) < 4.78 is 79.6. The predicted octanol–water partition coefficient (Wildman–Crippen LogP) is 3.81. The zero-order chi connectivity index (χ0) is 25.0. The Morgan fingerprint density at radius 1 is 1.00 bits per heavy atom. The Balaban J connectivity index is 1.92. The first-order chi connectivity index (χ1) is 16.0. The normalized spacial score (nSPS) is 11.0. The number of aromatic nitrogens is 2. The van der Waals surface area contributed by atoms with E-state index in [-0.39, 0.29) is 17.3 Å². The van der Waals surface area contributed by atoms with Crippen molar-refractivity contribution in [2.24, 2.45) is 5.73 Å². The van der Waals surface area contributed by atoms with Gasteiger partial charge < -0.3 is 25.3 Å². The molecule has 0 atom stereocenters. The fourth-order valence-electron chi connectivity index (χ4n) is 2.63. The van der Waals surface area contributed by atoms with Crippen molar-refractivity contribution in [1.29, 1.82) is 0 Å². The van der Waals surface area contributed by atoms with Crippen molar-refractivity contribution in [3.8, 4) is 23.0 Å². The molecule has 0 fully saturated rings. The number of ether oxygens (including phenoxy) is 3. The van der Waals surface area contributed by atoms with E-state index in [0.29, 0.717) is 6.20 Å². The molecule has 0 bridgehead atoms. The minimum absolute atomic E-state index is 0.200. The highest BCUT2D eigenvalue weighted by atomic mass is 19.4. The van der Waals surface area contributed by atoms with E-state index >= 15 is 0 Å². The van der Waals surface area contributed by atoms with Gasteiger partial charge in [0.15, 0.2) is 34.6 Å². The number of alkyl halides is 3. The molecule has 0 radical (unpaired) electrons. The predicted molar refractivity (Wildman–Crippen MR) is 105 cm³/mol. The first-order valence-electron chi connectivity index (χ1n) is 9.01. The highest BCUT2D eigenvalue weighted by Crippen LogP contribution is 2.37. The van der Waals surface area contributed by atoms with Gasteiger partial charge in [-0.25, -0.2) is 13.8 Å². The fraction of sp³-hybridized carbons (Fsp3) is 0.100. The monoisotopic (exact) mass is 484 g/mol. The molecule has 0 saturated heterocycles. The van der Waals surface area contributed by atoms with Crippen LogP contribution in [0.4, 0.5) is 27.8 Å². The van der Waals surface area contributed by atoms with Gasteiger partial charge in [-0.2, -0.15) is 0 Å². The summed E-state index contributed by atoms with van der Waals surface area (Å²) in [4.78, 5) is 31.1. The summed E-state index contributed by atoms with van der Waals surface area (Å²) in [6.45, 7) is 0. The van der Waals surface area contributed by atoms with Gasteiger partial charge in [-0.3, -0.25) is 14.6 Å². The topological polar surface area (TPSA) is 126 Å². The molecule has 178 valence electrons. The number of carbonyl (C=O) groups excluding carboxylic acids is 2. The van der Waals surface area contributed by atoms with Crippen molar-refractivity contribution in [2.75, 3.05) is 12.4 Å². The summed E-state index contributed by atoms with van der Waals surface area (Å²) in [5.74, 6) is -6.31. The molecular weight excluding hydrogens is 471 g/mol. The maximum atomic E-state index is 14.5. The highest BCUT2D eigenvalue weighted by Gasteiger charge is 2.31. The molecule has 0 aliphatic heterocycles. The molecule has 9 nitrogen and oxygen atoms in total. The number of hydrogen-bond donors (Lipinski definition) is 2. The Labute approximate surface area is 187 Å². The number of nitrogens with one attached hydrogen (secondary N) is 1. The molecule has 2 amide bonds. The van der Waals surface area contributed by atoms with E-state index in [9.17, 15) is 31.5 Å². The lowest BCUT2D eigenvalue weighted by Crippen LogP contribution is -2.19. The molecule has 3 N–H and O–H groups in total. The lowest BCUT2D eigenvalue weighted by atomic mass is 10.2. The van der Waals surface area contributed by atoms with Gasteiger partial charge in [0.1, 0.15) is 17.1 Å². The third-order valence-electron chi connectivity index (χ3n) is 4.00. The van der Waals surface area contributed by atoms with E-state index in [0.717, 1.165) is 43.6 Å². The Morgan fingerprint density at radius 3 is 2.38 bits per heavy atom. The number of amides is 2. The van der Waals surface area contributed by atoms with Gasteiger partial charge in [-0.05, 0) is 24.3 Å². The van der Waals surface area contributed by atoms with E-state index in [2.05, 4.69) is 20.0 Å². The van der Waals surface area contributed by atoms with Gasteiger partial charge in [-0.1, -0.05) is 0 Å². The van der Waals surface area contributed by atoms with Gasteiger partial charge in [0.05, 0.1) is 19.5 Å². The summed E-state index contributed by atoms with van der Waals surface area (Å²) in [7, 11) is 1.13. The average molecular weight is 484 g/mol. The number of nitrogens with zero attached hydrogens (tertiary/aromatic N) is 2. The zero-order valence-electron chi connectivity index (χ0n) is 16.9. The SMILES string of the molecule is COc1cc(OC(F)(F)F)ccc1Oc1cncc(F)c1C(=O)Nc1ccc(F)c(C(N)=O)n1. The minimum Gasteiger partial charge on any atom is -0.493 e. The molecule has 0 spiro atoms. The lowest BCUT2D eigenvalue weighted by molar-refractivity contribution is -0.274. The Morgan fingerprint density at radius 2 is 1.74 bits per heavy atom. The Kier molecular flexibility index (Phi) is 6.79. The molecule has 14 heteroatoms. The minimum atomic E-state index is -4.95. The molecule has 0 unspecified atom stereocenters. The van der Waals surface area contributed by atoms with Crippen LogP contribution < -0.4 is 25.3 Å². The van der Waals surface area contributed by atoms with Gasteiger partial charge in [-0.15, -0.1) is 13.2 Å². The smallest absolute Gasteiger partial charge is 0.493 e. The van der Waals surface area contributed by atoms with Crippen molar-refractivity contribution in [3.63, 3.8) is 0 Å². The van der Waals surface area contributed by atoms with E-state index in [1.165, 1.54) is 0 Å². The lowest BCUT2D eigenvalue weighted by Gasteiger charge is -2.15. The summed E-state index contributed by atoms with van der Waals surface area (Å²) in [5.41, 5.74) is 3.57. The number of benzene rings is 1. The Bertz CT molecular complexity index is 1250. The van der Waals surface area contributed by atoms with Gasteiger partial charge in [0, 0.05) is 6.07 Å². The molecule has 0 aliphatic rings. The number of nitrogens with two attached hydrogens (primary N) is 1. The number of methoxy groups -OCH3 is 1. The van der Waals surface area contributed by atoms with Crippen LogP contribution in [-0.2, 0) is 0 Å². The second-order valence-electron chi connectivity index (χ2n) is 6.30. The molecule has 34 heavy (non-hydrogen) atoms. The molecule has 3 aromatic rings. The van der Waals surface area contributed by atoms with Crippen LogP contribution in [0.1, 0.15) is 20.8 Å². The van der Waals surface area contributed by atoms with Crippen molar-refractivity contribution >= 4 is 17.6 Å². The van der Waals surface area contributed by atoms with Crippen LogP contribution in [0.3, 0.4) is 0 Å². The first kappa shape index (κ1) is 24.2. The Hall–Kier alpha value is -4.49. The van der Waals surface area contributed by atoms with Crippen molar-refractivity contribution in [2.45, 2.75) is 6.36 Å². The van der Waals surface area contributed by atoms with Crippen LogP contribution in [0.15, 0.2) is 42.7 Å². The van der Waals surface area contributed by atoms with Crippen LogP contribution in [0.2, 0.25) is 0 Å². The van der Waals surface area contributed by atoms with E-state index in [4.69, 9.17) is 15.2 Å². The molecule has 1 aromatic carbocycles. The van der Waals surface area contributed by atoms with Crippen molar-refractivity contribution in [1.82, 2.24) is 9.97 Å². The summed E-state index contributed by atoms with van der Waals surface area (Å²) >= 11 is 0. The number of primary amides is 1. The molecule has 2 heterocycles. The average Bonchev–Trinajstić information content (AvgIpc) is 2.74. The molecule has 0 saturated carbocycles. The zero-order valence-corrected chi connectivity index (χ0v) is 16.9. The number of hydrogen-bond acceptors (Lipinski definition) is 7. The fourth-order valence-corrected chi connectivity index (χ4v) is 2.63. The quantitative estimate of drug-likeness (QED) is 0.489. The van der Waals surface area contributed by atoms with E-state index < -0.39 is 52.6 Å². The van der Waals surface area contributed by atoms with Crippen molar-refractivity contribution < 1.29 is 45.8 Å². The second kappa shape index (κ2) is 9.56. The summed E-state index contributed by atoms with van der Waals surface area (Å²) in [6.07, 6.45) is -3.29. The standard InChI is InChI=1S/C20H13F5N4O5/c1-32-13-6-9(34-20(23,24)25)2-4-12(13)33-14-8-27-7-11(22)16(14)19(31)29-15-5-3-10(21)17(28-15)18(26)30/h2-8H,1H3,(H2,26,30)(H,28,29,31). The van der Waals surface area contributed by atoms with E-state index in [1.54, 1.807) is 0 Å².